The van der Waals surface area contributed by atoms with E-state index in [4.69, 9.17) is 10.5 Å². The lowest BCUT2D eigenvalue weighted by Crippen LogP contribution is -2.41. The maximum Gasteiger partial charge on any atom is 0.351 e. The summed E-state index contributed by atoms with van der Waals surface area (Å²) in [6.45, 7) is -0.218. The number of ether oxygens (including phenoxy) is 2. The van der Waals surface area contributed by atoms with Gasteiger partial charge in [-0.05, 0) is 6.07 Å². The Bertz CT molecular complexity index is 522. The molecule has 0 aliphatic carbocycles. The molecule has 0 radical (unpaired) electrons. The Labute approximate surface area is 106 Å². The summed E-state index contributed by atoms with van der Waals surface area (Å²) in [5.41, 5.74) is 4.30. The van der Waals surface area contributed by atoms with E-state index in [1.807, 2.05) is 0 Å². The zero-order valence-electron chi connectivity index (χ0n) is 9.99. The van der Waals surface area contributed by atoms with E-state index in [1.54, 1.807) is 0 Å². The quantitative estimate of drug-likeness (QED) is 0.762. The number of aliphatic hydroxyl groups is 1. The molecule has 0 saturated carbocycles. The van der Waals surface area contributed by atoms with Crippen molar-refractivity contribution in [2.24, 2.45) is 0 Å². The summed E-state index contributed by atoms with van der Waals surface area (Å²) in [6, 6.07) is 1.19. The summed E-state index contributed by atoms with van der Waals surface area (Å²) in [6.07, 6.45) is -4.19. The van der Waals surface area contributed by atoms with Gasteiger partial charge in [-0.25, -0.2) is 4.79 Å². The minimum Gasteiger partial charge on any atom is -0.384 e. The van der Waals surface area contributed by atoms with E-state index >= 15 is 0 Å². The van der Waals surface area contributed by atoms with E-state index < -0.39 is 30.0 Å². The molecule has 0 bridgehead atoms. The van der Waals surface area contributed by atoms with Crippen LogP contribution in [0.2, 0.25) is 0 Å². The molecule has 2 rings (SSSR count). The number of halogens is 2. The third-order valence-electron chi connectivity index (χ3n) is 2.81. The minimum absolute atomic E-state index is 0.0865. The van der Waals surface area contributed by atoms with Gasteiger partial charge < -0.3 is 20.3 Å². The van der Waals surface area contributed by atoms with Crippen molar-refractivity contribution >= 4 is 5.82 Å². The Balaban J connectivity index is 2.36. The molecule has 3 atom stereocenters. The number of rotatable bonds is 3. The number of nitrogens with zero attached hydrogens (tertiary/aromatic N) is 2. The lowest BCUT2D eigenvalue weighted by Gasteiger charge is -2.20. The van der Waals surface area contributed by atoms with Crippen LogP contribution >= 0.6 is 0 Å². The number of nitrogen functional groups attached to an aromatic ring is 1. The first-order valence-corrected chi connectivity index (χ1v) is 5.43. The highest BCUT2D eigenvalue weighted by Crippen LogP contribution is 2.42. The highest BCUT2D eigenvalue weighted by atomic mass is 19.3. The smallest absolute Gasteiger partial charge is 0.351 e. The molecule has 1 aliphatic rings. The molecule has 106 valence electrons. The molecule has 7 nitrogen and oxygen atoms in total. The predicted octanol–water partition coefficient (Wildman–Crippen LogP) is -0.635. The number of methoxy groups -OCH3 is 1. The van der Waals surface area contributed by atoms with Crippen molar-refractivity contribution in [3.05, 3.63) is 22.7 Å². The average molecular weight is 277 g/mol. The van der Waals surface area contributed by atoms with E-state index in [9.17, 15) is 18.7 Å². The highest BCUT2D eigenvalue weighted by Gasteiger charge is 2.59. The van der Waals surface area contributed by atoms with Crippen molar-refractivity contribution < 1.29 is 23.4 Å². The van der Waals surface area contributed by atoms with Crippen LogP contribution in [-0.2, 0) is 9.47 Å². The van der Waals surface area contributed by atoms with Crippen LogP contribution in [-0.4, -0.2) is 46.5 Å². The van der Waals surface area contributed by atoms with Crippen LogP contribution in [0.5, 0.6) is 0 Å². The lowest BCUT2D eigenvalue weighted by molar-refractivity contribution is -0.141. The van der Waals surface area contributed by atoms with Gasteiger partial charge >= 0.3 is 11.6 Å². The number of aromatic nitrogens is 2. The van der Waals surface area contributed by atoms with Crippen LogP contribution in [0.1, 0.15) is 6.23 Å². The Hall–Kier alpha value is -1.58. The minimum atomic E-state index is -3.63. The molecule has 1 fully saturated rings. The van der Waals surface area contributed by atoms with E-state index in [2.05, 4.69) is 9.72 Å². The van der Waals surface area contributed by atoms with Crippen LogP contribution in [0.25, 0.3) is 0 Å². The molecule has 1 aromatic rings. The van der Waals surface area contributed by atoms with Crippen LogP contribution in [0.3, 0.4) is 0 Å². The molecule has 9 heteroatoms. The number of anilines is 1. The molecule has 1 aromatic heterocycles. The van der Waals surface area contributed by atoms with Gasteiger partial charge in [-0.1, -0.05) is 0 Å². The summed E-state index contributed by atoms with van der Waals surface area (Å²) in [5, 5.41) is 9.51. The molecule has 1 saturated heterocycles. The van der Waals surface area contributed by atoms with E-state index in [0.717, 1.165) is 6.20 Å². The molecule has 3 N–H and O–H groups in total. The zero-order chi connectivity index (χ0) is 14.2. The fourth-order valence-electron chi connectivity index (χ4n) is 1.87. The first-order valence-electron chi connectivity index (χ1n) is 5.43. The fraction of sp³-hybridized carbons (Fsp3) is 0.600. The molecule has 2 unspecified atom stereocenters. The Morgan fingerprint density at radius 3 is 2.95 bits per heavy atom. The van der Waals surface area contributed by atoms with Crippen molar-refractivity contribution in [2.45, 2.75) is 24.4 Å². The number of hydrogen-bond acceptors (Lipinski definition) is 6. The van der Waals surface area contributed by atoms with Gasteiger partial charge in [-0.2, -0.15) is 13.8 Å². The SMILES string of the molecule is COC[C@H]1OC(n2ccc(N)nc2=O)C(F)(F)C1O. The largest absolute Gasteiger partial charge is 0.384 e. The molecule has 0 amide bonds. The molecule has 1 aliphatic heterocycles. The van der Waals surface area contributed by atoms with E-state index in [-0.39, 0.29) is 12.4 Å². The summed E-state index contributed by atoms with van der Waals surface area (Å²) in [7, 11) is 1.29. The van der Waals surface area contributed by atoms with Crippen molar-refractivity contribution in [3.8, 4) is 0 Å². The summed E-state index contributed by atoms with van der Waals surface area (Å²) in [5.74, 6) is -3.72. The molecular weight excluding hydrogens is 264 g/mol. The summed E-state index contributed by atoms with van der Waals surface area (Å²) < 4.78 is 38.1. The molecule has 19 heavy (non-hydrogen) atoms. The summed E-state index contributed by atoms with van der Waals surface area (Å²) >= 11 is 0. The van der Waals surface area contributed by atoms with Crippen molar-refractivity contribution in [3.63, 3.8) is 0 Å². The normalized spacial score (nSPS) is 29.6. The van der Waals surface area contributed by atoms with Crippen molar-refractivity contribution in [2.75, 3.05) is 19.5 Å². The average Bonchev–Trinajstić information content (AvgIpc) is 2.54. The van der Waals surface area contributed by atoms with Crippen LogP contribution in [0, 0.1) is 0 Å². The van der Waals surface area contributed by atoms with Gasteiger partial charge in [0.05, 0.1) is 6.61 Å². The van der Waals surface area contributed by atoms with Crippen LogP contribution < -0.4 is 11.4 Å². The van der Waals surface area contributed by atoms with Gasteiger partial charge in [0.15, 0.2) is 6.10 Å². The Morgan fingerprint density at radius 2 is 2.37 bits per heavy atom. The first-order chi connectivity index (χ1) is 8.87. The predicted molar refractivity (Wildman–Crippen MR) is 59.6 cm³/mol. The van der Waals surface area contributed by atoms with Crippen LogP contribution in [0.4, 0.5) is 14.6 Å². The maximum atomic E-state index is 13.9. The maximum absolute atomic E-state index is 13.9. The van der Waals surface area contributed by atoms with Gasteiger partial charge in [0.2, 0.25) is 6.23 Å². The molecule has 2 heterocycles. The molecule has 0 aromatic carbocycles. The third-order valence-corrected chi connectivity index (χ3v) is 2.81. The topological polar surface area (TPSA) is 99.6 Å². The van der Waals surface area contributed by atoms with Crippen molar-refractivity contribution in [1.29, 1.82) is 0 Å². The first kappa shape index (κ1) is 13.8. The highest BCUT2D eigenvalue weighted by molar-refractivity contribution is 5.23. The van der Waals surface area contributed by atoms with Gasteiger partial charge in [-0.15, -0.1) is 0 Å². The van der Waals surface area contributed by atoms with Crippen molar-refractivity contribution in [1.82, 2.24) is 9.55 Å². The molecule has 0 spiro atoms. The van der Waals surface area contributed by atoms with Crippen LogP contribution in [0.15, 0.2) is 17.1 Å². The number of nitrogens with two attached hydrogens (primary N) is 1. The van der Waals surface area contributed by atoms with E-state index in [0.29, 0.717) is 4.57 Å². The molecular formula is C10H13F2N3O4. The summed E-state index contributed by atoms with van der Waals surface area (Å²) in [4.78, 5) is 14.9. The second-order valence-corrected chi connectivity index (χ2v) is 4.14. The Morgan fingerprint density at radius 1 is 1.68 bits per heavy atom. The zero-order valence-corrected chi connectivity index (χ0v) is 9.99. The van der Waals surface area contributed by atoms with Gasteiger partial charge in [0.25, 0.3) is 0 Å². The number of aliphatic hydroxyl groups excluding tert-OH is 1. The second kappa shape index (κ2) is 4.83. The fourth-order valence-corrected chi connectivity index (χ4v) is 1.87. The standard InChI is InChI=1S/C10H13F2N3O4/c1-18-4-5-7(16)10(11,12)8(19-5)15-3-2-6(13)14-9(15)17/h2-3,5,7-8,16H,4H2,1H3,(H2,13,14,17)/t5-,7?,8?/m1/s1. The number of alkyl halides is 2. The second-order valence-electron chi connectivity index (χ2n) is 4.14. The monoisotopic (exact) mass is 277 g/mol. The van der Waals surface area contributed by atoms with Gasteiger partial charge in [0.1, 0.15) is 11.9 Å². The van der Waals surface area contributed by atoms with Gasteiger partial charge in [0, 0.05) is 13.3 Å². The lowest BCUT2D eigenvalue weighted by atomic mass is 10.1. The Kier molecular flexibility index (Phi) is 3.52. The number of hydrogen-bond donors (Lipinski definition) is 2. The van der Waals surface area contributed by atoms with Gasteiger partial charge in [-0.3, -0.25) is 4.57 Å². The van der Waals surface area contributed by atoms with E-state index in [1.165, 1.54) is 13.2 Å². The third kappa shape index (κ3) is 2.31.